The summed E-state index contributed by atoms with van der Waals surface area (Å²) in [5.41, 5.74) is 4.09. The molecule has 0 spiro atoms. The van der Waals surface area contributed by atoms with E-state index in [0.29, 0.717) is 26.3 Å². The van der Waals surface area contributed by atoms with Gasteiger partial charge in [-0.05, 0) is 50.6 Å². The Morgan fingerprint density at radius 3 is 2.50 bits per heavy atom. The van der Waals surface area contributed by atoms with Crippen molar-refractivity contribution in [3.05, 3.63) is 81.4 Å². The summed E-state index contributed by atoms with van der Waals surface area (Å²) in [6.07, 6.45) is 0. The molecule has 2 heterocycles. The number of nitrogens with one attached hydrogen (secondary N) is 1. The topological polar surface area (TPSA) is 72.7 Å². The van der Waals surface area contributed by atoms with Crippen LogP contribution >= 0.6 is 22.9 Å². The minimum absolute atomic E-state index is 0.101. The molecule has 0 radical (unpaired) electrons. The van der Waals surface area contributed by atoms with Crippen LogP contribution in [-0.2, 0) is 0 Å². The molecular formula is C22H20ClN5OS. The van der Waals surface area contributed by atoms with Gasteiger partial charge in [-0.1, -0.05) is 47.1 Å². The molecule has 0 aliphatic heterocycles. The number of hydrogen-bond acceptors (Lipinski definition) is 5. The number of halogens is 1. The van der Waals surface area contributed by atoms with Crippen molar-refractivity contribution in [1.29, 1.82) is 0 Å². The zero-order valence-corrected chi connectivity index (χ0v) is 18.3. The lowest BCUT2D eigenvalue weighted by Gasteiger charge is -2.13. The first kappa shape index (κ1) is 20.3. The number of rotatable bonds is 5. The van der Waals surface area contributed by atoms with Crippen LogP contribution in [0.1, 0.15) is 39.6 Å². The van der Waals surface area contributed by atoms with E-state index in [2.05, 4.69) is 20.6 Å². The van der Waals surface area contributed by atoms with Crippen LogP contribution in [0, 0.1) is 13.8 Å². The van der Waals surface area contributed by atoms with Gasteiger partial charge in [0.1, 0.15) is 15.6 Å². The molecule has 0 fully saturated rings. The summed E-state index contributed by atoms with van der Waals surface area (Å²) < 4.78 is 1.74. The molecule has 8 heteroatoms. The molecular weight excluding hydrogens is 418 g/mol. The Kier molecular flexibility index (Phi) is 5.65. The van der Waals surface area contributed by atoms with Crippen LogP contribution in [-0.4, -0.2) is 25.9 Å². The van der Waals surface area contributed by atoms with Crippen LogP contribution in [0.15, 0.2) is 54.6 Å². The number of nitrogens with zero attached hydrogens (tertiary/aromatic N) is 4. The van der Waals surface area contributed by atoms with Crippen molar-refractivity contribution in [3.8, 4) is 16.4 Å². The van der Waals surface area contributed by atoms with Gasteiger partial charge in [0.05, 0.1) is 23.1 Å². The van der Waals surface area contributed by atoms with Crippen LogP contribution in [0.4, 0.5) is 0 Å². The molecule has 0 saturated heterocycles. The van der Waals surface area contributed by atoms with Crippen molar-refractivity contribution in [2.45, 2.75) is 26.8 Å². The lowest BCUT2D eigenvalue weighted by atomic mass is 10.1. The largest absolute Gasteiger partial charge is 0.345 e. The predicted octanol–water partition coefficient (Wildman–Crippen LogP) is 5.15. The van der Waals surface area contributed by atoms with Gasteiger partial charge in [-0.15, -0.1) is 16.4 Å². The summed E-state index contributed by atoms with van der Waals surface area (Å²) in [4.78, 5) is 18.0. The quantitative estimate of drug-likeness (QED) is 0.468. The van der Waals surface area contributed by atoms with Crippen molar-refractivity contribution in [1.82, 2.24) is 25.3 Å². The first-order valence-electron chi connectivity index (χ1n) is 9.46. The number of carbonyl (C=O) groups excluding carboxylic acids is 1. The second kappa shape index (κ2) is 8.38. The molecule has 152 valence electrons. The molecule has 2 aromatic carbocycles. The molecule has 1 amide bonds. The summed E-state index contributed by atoms with van der Waals surface area (Å²) in [5, 5.41) is 12.9. The molecule has 2 aromatic heterocycles. The maximum atomic E-state index is 12.8. The van der Waals surface area contributed by atoms with Gasteiger partial charge in [0, 0.05) is 5.02 Å². The first-order chi connectivity index (χ1) is 14.4. The Hall–Kier alpha value is -3.03. The average Bonchev–Trinajstić information content (AvgIpc) is 3.32. The highest BCUT2D eigenvalue weighted by atomic mass is 35.5. The van der Waals surface area contributed by atoms with Crippen LogP contribution < -0.4 is 5.32 Å². The smallest absolute Gasteiger partial charge is 0.263 e. The Balaban J connectivity index is 1.58. The Bertz CT molecular complexity index is 1180. The number of hydrogen-bond donors (Lipinski definition) is 1. The fourth-order valence-electron chi connectivity index (χ4n) is 3.15. The third kappa shape index (κ3) is 3.99. The van der Waals surface area contributed by atoms with Crippen molar-refractivity contribution in [3.63, 3.8) is 0 Å². The van der Waals surface area contributed by atoms with Gasteiger partial charge < -0.3 is 5.32 Å². The molecule has 0 aliphatic carbocycles. The molecule has 4 aromatic rings. The van der Waals surface area contributed by atoms with Gasteiger partial charge in [0.25, 0.3) is 5.91 Å². The highest BCUT2D eigenvalue weighted by Crippen LogP contribution is 2.30. The lowest BCUT2D eigenvalue weighted by Crippen LogP contribution is -2.26. The predicted molar refractivity (Wildman–Crippen MR) is 119 cm³/mol. The molecule has 30 heavy (non-hydrogen) atoms. The molecule has 0 bridgehead atoms. The summed E-state index contributed by atoms with van der Waals surface area (Å²) in [5.74, 6) is -0.143. The van der Waals surface area contributed by atoms with E-state index in [-0.39, 0.29) is 11.9 Å². The number of thiazole rings is 1. The second-order valence-electron chi connectivity index (χ2n) is 6.95. The van der Waals surface area contributed by atoms with E-state index in [1.807, 2.05) is 75.4 Å². The number of amides is 1. The van der Waals surface area contributed by atoms with E-state index in [9.17, 15) is 4.79 Å². The average molecular weight is 438 g/mol. The molecule has 0 saturated carbocycles. The number of aryl methyl sites for hydroxylation is 1. The lowest BCUT2D eigenvalue weighted by molar-refractivity contribution is 0.0943. The second-order valence-corrected chi connectivity index (χ2v) is 8.39. The number of carbonyl (C=O) groups is 1. The zero-order valence-electron chi connectivity index (χ0n) is 16.8. The van der Waals surface area contributed by atoms with Crippen molar-refractivity contribution < 1.29 is 4.79 Å². The molecule has 6 nitrogen and oxygen atoms in total. The molecule has 0 unspecified atom stereocenters. The van der Waals surface area contributed by atoms with E-state index >= 15 is 0 Å². The minimum atomic E-state index is -0.143. The standard InChI is InChI=1S/C22H20ClN5OS/c1-13(16-7-5-4-6-8-16)24-21(29)20-14(2)25-22(30-20)19-15(3)28(27-26-19)18-11-9-17(23)10-12-18/h4-13H,1-3H3,(H,24,29)/t13-/m1/s1. The Morgan fingerprint density at radius 2 is 1.80 bits per heavy atom. The highest BCUT2D eigenvalue weighted by Gasteiger charge is 2.22. The van der Waals surface area contributed by atoms with E-state index < -0.39 is 0 Å². The van der Waals surface area contributed by atoms with Crippen LogP contribution in [0.2, 0.25) is 5.02 Å². The van der Waals surface area contributed by atoms with E-state index in [1.54, 1.807) is 4.68 Å². The van der Waals surface area contributed by atoms with Gasteiger partial charge in [0.15, 0.2) is 0 Å². The minimum Gasteiger partial charge on any atom is -0.345 e. The van der Waals surface area contributed by atoms with Gasteiger partial charge in [-0.2, -0.15) is 0 Å². The Morgan fingerprint density at radius 1 is 1.10 bits per heavy atom. The number of aromatic nitrogens is 4. The zero-order chi connectivity index (χ0) is 21.3. The molecule has 4 rings (SSSR count). The van der Waals surface area contributed by atoms with E-state index in [0.717, 1.165) is 16.9 Å². The maximum absolute atomic E-state index is 12.8. The van der Waals surface area contributed by atoms with Crippen molar-refractivity contribution in [2.75, 3.05) is 0 Å². The van der Waals surface area contributed by atoms with Gasteiger partial charge in [0.2, 0.25) is 0 Å². The van der Waals surface area contributed by atoms with Gasteiger partial charge in [-0.25, -0.2) is 9.67 Å². The maximum Gasteiger partial charge on any atom is 0.263 e. The van der Waals surface area contributed by atoms with Crippen LogP contribution in [0.3, 0.4) is 0 Å². The first-order valence-corrected chi connectivity index (χ1v) is 10.7. The summed E-state index contributed by atoms with van der Waals surface area (Å²) in [6.45, 7) is 5.73. The monoisotopic (exact) mass is 437 g/mol. The number of benzene rings is 2. The molecule has 1 N–H and O–H groups in total. The molecule has 0 aliphatic rings. The fraction of sp³-hybridized carbons (Fsp3) is 0.182. The Labute approximate surface area is 183 Å². The van der Waals surface area contributed by atoms with E-state index in [4.69, 9.17) is 11.6 Å². The van der Waals surface area contributed by atoms with E-state index in [1.165, 1.54) is 11.3 Å². The van der Waals surface area contributed by atoms with Crippen molar-refractivity contribution in [2.24, 2.45) is 0 Å². The fourth-order valence-corrected chi connectivity index (χ4v) is 4.28. The van der Waals surface area contributed by atoms with Crippen LogP contribution in [0.5, 0.6) is 0 Å². The van der Waals surface area contributed by atoms with Gasteiger partial charge >= 0.3 is 0 Å². The highest BCUT2D eigenvalue weighted by molar-refractivity contribution is 7.17. The third-order valence-corrected chi connectivity index (χ3v) is 6.23. The SMILES string of the molecule is Cc1nc(-c2nnn(-c3ccc(Cl)cc3)c2C)sc1C(=O)N[C@H](C)c1ccccc1. The third-order valence-electron chi connectivity index (χ3n) is 4.82. The van der Waals surface area contributed by atoms with Crippen molar-refractivity contribution >= 4 is 28.8 Å². The van der Waals surface area contributed by atoms with Gasteiger partial charge in [-0.3, -0.25) is 4.79 Å². The summed E-state index contributed by atoms with van der Waals surface area (Å²) in [6, 6.07) is 17.1. The summed E-state index contributed by atoms with van der Waals surface area (Å²) in [7, 11) is 0. The normalized spacial score (nSPS) is 12.0. The summed E-state index contributed by atoms with van der Waals surface area (Å²) >= 11 is 7.30. The molecule has 1 atom stereocenters. The van der Waals surface area contributed by atoms with Crippen LogP contribution in [0.25, 0.3) is 16.4 Å².